The number of amides is 2. The Bertz CT molecular complexity index is 1100. The van der Waals surface area contributed by atoms with E-state index in [1.165, 1.54) is 12.1 Å². The number of hydrogen-bond donors (Lipinski definition) is 0. The number of Topliss-reactive ketones (excluding diaryl/α,β-unsaturated/α-hetero) is 1. The fourth-order valence-electron chi connectivity index (χ4n) is 3.12. The molecule has 0 N–H and O–H groups in total. The maximum Gasteiger partial charge on any atom is 0.338 e. The second kappa shape index (κ2) is 7.52. The average molecular weight is 385 g/mol. The molecule has 0 unspecified atom stereocenters. The lowest BCUT2D eigenvalue weighted by molar-refractivity contribution is 0.0474. The van der Waals surface area contributed by atoms with Gasteiger partial charge in [0.2, 0.25) is 0 Å². The predicted octanol–water partition coefficient (Wildman–Crippen LogP) is 3.53. The lowest BCUT2D eigenvalue weighted by atomic mass is 10.1. The molecule has 0 saturated carbocycles. The lowest BCUT2D eigenvalue weighted by Gasteiger charge is -2.14. The Morgan fingerprint density at radius 3 is 1.97 bits per heavy atom. The van der Waals surface area contributed by atoms with E-state index < -0.39 is 24.4 Å². The number of anilines is 1. The number of carbonyl (C=O) groups excluding carboxylic acids is 4. The molecule has 142 valence electrons. The third-order valence-corrected chi connectivity index (χ3v) is 4.56. The summed E-state index contributed by atoms with van der Waals surface area (Å²) in [6.45, 7) is -0.403. The highest BCUT2D eigenvalue weighted by molar-refractivity contribution is 6.34. The smallest absolute Gasteiger partial charge is 0.338 e. The Morgan fingerprint density at radius 1 is 0.724 bits per heavy atom. The number of hydrogen-bond acceptors (Lipinski definition) is 5. The number of imide groups is 1. The van der Waals surface area contributed by atoms with Gasteiger partial charge in [0.15, 0.2) is 12.4 Å². The second-order valence-electron chi connectivity index (χ2n) is 6.41. The third-order valence-electron chi connectivity index (χ3n) is 4.56. The average Bonchev–Trinajstić information content (AvgIpc) is 3.03. The first-order valence-electron chi connectivity index (χ1n) is 8.89. The summed E-state index contributed by atoms with van der Waals surface area (Å²) < 4.78 is 5.10. The van der Waals surface area contributed by atoms with Crippen LogP contribution in [0.5, 0.6) is 0 Å². The van der Waals surface area contributed by atoms with E-state index in [0.717, 1.165) is 4.90 Å². The van der Waals surface area contributed by atoms with E-state index in [9.17, 15) is 19.2 Å². The van der Waals surface area contributed by atoms with Crippen LogP contribution in [0, 0.1) is 0 Å². The van der Waals surface area contributed by atoms with Crippen LogP contribution in [-0.2, 0) is 4.74 Å². The van der Waals surface area contributed by atoms with Crippen molar-refractivity contribution in [2.24, 2.45) is 0 Å². The van der Waals surface area contributed by atoms with Crippen LogP contribution < -0.4 is 4.90 Å². The Labute approximate surface area is 166 Å². The largest absolute Gasteiger partial charge is 0.454 e. The SMILES string of the molecule is O=C(COC(=O)c1cccc(N2C(=O)c3ccccc3C2=O)c1)c1ccccc1. The van der Waals surface area contributed by atoms with E-state index in [1.807, 2.05) is 0 Å². The minimum absolute atomic E-state index is 0.139. The van der Waals surface area contributed by atoms with Crippen LogP contribution in [-0.4, -0.2) is 30.2 Å². The van der Waals surface area contributed by atoms with Gasteiger partial charge in [-0.25, -0.2) is 9.69 Å². The monoisotopic (exact) mass is 385 g/mol. The maximum absolute atomic E-state index is 12.6. The number of carbonyl (C=O) groups is 4. The molecular formula is C23H15NO5. The number of benzene rings is 3. The quantitative estimate of drug-likeness (QED) is 0.381. The van der Waals surface area contributed by atoms with Crippen LogP contribution in [0.2, 0.25) is 0 Å². The van der Waals surface area contributed by atoms with E-state index in [-0.39, 0.29) is 17.0 Å². The summed E-state index contributed by atoms with van der Waals surface area (Å²) in [5, 5.41) is 0. The van der Waals surface area contributed by atoms with Gasteiger partial charge in [-0.1, -0.05) is 48.5 Å². The van der Waals surface area contributed by atoms with Crippen molar-refractivity contribution in [3.8, 4) is 0 Å². The van der Waals surface area contributed by atoms with Crippen LogP contribution in [0.25, 0.3) is 0 Å². The molecule has 0 radical (unpaired) electrons. The molecule has 4 rings (SSSR count). The zero-order chi connectivity index (χ0) is 20.4. The van der Waals surface area contributed by atoms with Crippen molar-refractivity contribution in [3.05, 3.63) is 101 Å². The summed E-state index contributed by atoms with van der Waals surface area (Å²) in [4.78, 5) is 50.7. The highest BCUT2D eigenvalue weighted by Gasteiger charge is 2.36. The molecule has 1 aliphatic heterocycles. The normalized spacial score (nSPS) is 12.6. The van der Waals surface area contributed by atoms with Gasteiger partial charge in [0, 0.05) is 5.56 Å². The van der Waals surface area contributed by atoms with Gasteiger partial charge in [-0.3, -0.25) is 14.4 Å². The highest BCUT2D eigenvalue weighted by atomic mass is 16.5. The summed E-state index contributed by atoms with van der Waals surface area (Å²) in [5.74, 6) is -1.94. The molecule has 6 heteroatoms. The van der Waals surface area contributed by atoms with Gasteiger partial charge in [0.05, 0.1) is 22.4 Å². The number of ketones is 1. The minimum atomic E-state index is -0.715. The molecule has 0 fully saturated rings. The molecule has 3 aromatic carbocycles. The van der Waals surface area contributed by atoms with E-state index in [0.29, 0.717) is 16.7 Å². The molecule has 6 nitrogen and oxygen atoms in total. The first kappa shape index (κ1) is 18.3. The standard InChI is InChI=1S/C23H15NO5/c25-20(15-7-2-1-3-8-15)14-29-23(28)16-9-6-10-17(13-16)24-21(26)18-11-4-5-12-19(18)22(24)27/h1-13H,14H2. The molecule has 0 bridgehead atoms. The lowest BCUT2D eigenvalue weighted by Crippen LogP contribution is -2.29. The molecule has 0 atom stereocenters. The number of nitrogens with zero attached hydrogens (tertiary/aromatic N) is 1. The highest BCUT2D eigenvalue weighted by Crippen LogP contribution is 2.28. The van der Waals surface area contributed by atoms with Crippen molar-refractivity contribution in [2.45, 2.75) is 0 Å². The third kappa shape index (κ3) is 3.43. The van der Waals surface area contributed by atoms with E-state index in [4.69, 9.17) is 4.74 Å². The van der Waals surface area contributed by atoms with Gasteiger partial charge in [-0.15, -0.1) is 0 Å². The van der Waals surface area contributed by atoms with E-state index >= 15 is 0 Å². The van der Waals surface area contributed by atoms with Gasteiger partial charge in [0.25, 0.3) is 11.8 Å². The zero-order valence-electron chi connectivity index (χ0n) is 15.2. The molecule has 1 aliphatic rings. The topological polar surface area (TPSA) is 80.8 Å². The van der Waals surface area contributed by atoms with Crippen LogP contribution >= 0.6 is 0 Å². The predicted molar refractivity (Wildman–Crippen MR) is 105 cm³/mol. The Balaban J connectivity index is 1.51. The summed E-state index contributed by atoms with van der Waals surface area (Å²) in [7, 11) is 0. The minimum Gasteiger partial charge on any atom is -0.454 e. The molecule has 0 aliphatic carbocycles. The van der Waals surface area contributed by atoms with E-state index in [2.05, 4.69) is 0 Å². The molecule has 2 amide bonds. The summed E-state index contributed by atoms with van der Waals surface area (Å²) in [6, 6.07) is 21.1. The van der Waals surface area contributed by atoms with Crippen molar-refractivity contribution in [3.63, 3.8) is 0 Å². The zero-order valence-corrected chi connectivity index (χ0v) is 15.2. The summed E-state index contributed by atoms with van der Waals surface area (Å²) >= 11 is 0. The Morgan fingerprint density at radius 2 is 1.31 bits per heavy atom. The maximum atomic E-state index is 12.6. The van der Waals surface area contributed by atoms with Crippen LogP contribution in [0.3, 0.4) is 0 Å². The molecule has 1 heterocycles. The van der Waals surface area contributed by atoms with Crippen molar-refractivity contribution < 1.29 is 23.9 Å². The second-order valence-corrected chi connectivity index (χ2v) is 6.41. The Hall–Kier alpha value is -4.06. The van der Waals surface area contributed by atoms with Gasteiger partial charge < -0.3 is 4.74 Å². The number of rotatable bonds is 5. The first-order chi connectivity index (χ1) is 14.1. The number of esters is 1. The van der Waals surface area contributed by atoms with Crippen molar-refractivity contribution in [1.82, 2.24) is 0 Å². The van der Waals surface area contributed by atoms with Crippen LogP contribution in [0.4, 0.5) is 5.69 Å². The fraction of sp³-hybridized carbons (Fsp3) is 0.0435. The Kier molecular flexibility index (Phi) is 4.75. The van der Waals surface area contributed by atoms with Gasteiger partial charge in [0.1, 0.15) is 0 Å². The van der Waals surface area contributed by atoms with Gasteiger partial charge in [-0.2, -0.15) is 0 Å². The van der Waals surface area contributed by atoms with Crippen LogP contribution in [0.15, 0.2) is 78.9 Å². The molecular weight excluding hydrogens is 370 g/mol. The molecule has 0 saturated heterocycles. The van der Waals surface area contributed by atoms with E-state index in [1.54, 1.807) is 66.7 Å². The summed E-state index contributed by atoms with van der Waals surface area (Å²) in [6.07, 6.45) is 0. The van der Waals surface area contributed by atoms with Crippen molar-refractivity contribution in [1.29, 1.82) is 0 Å². The molecule has 0 spiro atoms. The van der Waals surface area contributed by atoms with Crippen molar-refractivity contribution >= 4 is 29.3 Å². The summed E-state index contributed by atoms with van der Waals surface area (Å²) in [5.41, 5.74) is 1.48. The fourth-order valence-corrected chi connectivity index (χ4v) is 3.12. The molecule has 0 aromatic heterocycles. The van der Waals surface area contributed by atoms with Crippen LogP contribution in [0.1, 0.15) is 41.4 Å². The van der Waals surface area contributed by atoms with Gasteiger partial charge in [-0.05, 0) is 30.3 Å². The molecule has 29 heavy (non-hydrogen) atoms. The first-order valence-corrected chi connectivity index (χ1v) is 8.89. The van der Waals surface area contributed by atoms with Crippen molar-refractivity contribution in [2.75, 3.05) is 11.5 Å². The molecule has 3 aromatic rings. The number of fused-ring (bicyclic) bond motifs is 1. The van der Waals surface area contributed by atoms with Gasteiger partial charge >= 0.3 is 5.97 Å². The number of ether oxygens (including phenoxy) is 1.